The van der Waals surface area contributed by atoms with E-state index in [4.69, 9.17) is 5.11 Å². The molecule has 49 valence electrons. The molecule has 0 amide bonds. The van der Waals surface area contributed by atoms with E-state index in [9.17, 15) is 0 Å². The molecule has 2 atom stereocenters. The van der Waals surface area contributed by atoms with Crippen molar-refractivity contribution in [2.75, 3.05) is 6.26 Å². The molecule has 0 saturated carbocycles. The predicted molar refractivity (Wildman–Crippen MR) is 39.0 cm³/mol. The van der Waals surface area contributed by atoms with E-state index in [1.165, 1.54) is 0 Å². The fourth-order valence-electron chi connectivity index (χ4n) is 0.254. The molecule has 0 aromatic heterocycles. The second-order valence-electron chi connectivity index (χ2n) is 2.24. The lowest BCUT2D eigenvalue weighted by atomic mass is 10.1. The molecule has 0 spiro atoms. The zero-order valence-corrected chi connectivity index (χ0v) is 6.46. The first-order chi connectivity index (χ1) is 3.48. The van der Waals surface area contributed by atoms with Gasteiger partial charge in [-0.3, -0.25) is 0 Å². The van der Waals surface area contributed by atoms with Gasteiger partial charge in [-0.05, 0) is 20.1 Å². The lowest BCUT2D eigenvalue weighted by Crippen LogP contribution is -2.30. The number of thioether (sulfide) groups is 1. The Kier molecular flexibility index (Phi) is 2.84. The third-order valence-electron chi connectivity index (χ3n) is 1.23. The van der Waals surface area contributed by atoms with Crippen LogP contribution in [-0.4, -0.2) is 22.2 Å². The van der Waals surface area contributed by atoms with E-state index >= 15 is 0 Å². The molecule has 0 aromatic rings. The van der Waals surface area contributed by atoms with Crippen molar-refractivity contribution in [3.05, 3.63) is 6.92 Å². The Hall–Kier alpha value is 0.310. The van der Waals surface area contributed by atoms with Crippen molar-refractivity contribution in [1.29, 1.82) is 0 Å². The van der Waals surface area contributed by atoms with Gasteiger partial charge in [0.15, 0.2) is 0 Å². The van der Waals surface area contributed by atoms with Crippen LogP contribution in [0.1, 0.15) is 13.8 Å². The molecule has 0 aromatic carbocycles. The van der Waals surface area contributed by atoms with E-state index in [0.717, 1.165) is 0 Å². The van der Waals surface area contributed by atoms with Gasteiger partial charge < -0.3 is 5.11 Å². The molecule has 0 saturated heterocycles. The topological polar surface area (TPSA) is 20.2 Å². The zero-order chi connectivity index (χ0) is 6.78. The lowest BCUT2D eigenvalue weighted by Gasteiger charge is -2.23. The van der Waals surface area contributed by atoms with E-state index in [1.807, 2.05) is 13.2 Å². The predicted octanol–water partition coefficient (Wildman–Crippen LogP) is 1.32. The monoisotopic (exact) mass is 133 g/mol. The Morgan fingerprint density at radius 1 is 1.75 bits per heavy atom. The fourth-order valence-corrected chi connectivity index (χ4v) is 0.762. The van der Waals surface area contributed by atoms with Gasteiger partial charge in [0.1, 0.15) is 0 Å². The van der Waals surface area contributed by atoms with Crippen molar-refractivity contribution in [3.63, 3.8) is 0 Å². The molecule has 8 heavy (non-hydrogen) atoms. The number of aliphatic hydroxyl groups is 1. The second-order valence-corrected chi connectivity index (χ2v) is 3.41. The van der Waals surface area contributed by atoms with Crippen molar-refractivity contribution in [3.8, 4) is 0 Å². The standard InChI is InChI=1S/C6H13OS/c1-5(8-4)6(2,3)7/h5,7H,2H2,1,3-4H3. The van der Waals surface area contributed by atoms with Crippen LogP contribution in [0, 0.1) is 6.92 Å². The highest BCUT2D eigenvalue weighted by Crippen LogP contribution is 2.18. The molecule has 0 rings (SSSR count). The maximum absolute atomic E-state index is 9.15. The third kappa shape index (κ3) is 2.58. The Morgan fingerprint density at radius 2 is 2.12 bits per heavy atom. The van der Waals surface area contributed by atoms with E-state index < -0.39 is 5.60 Å². The summed E-state index contributed by atoms with van der Waals surface area (Å²) in [7, 11) is 0. The third-order valence-corrected chi connectivity index (χ3v) is 2.44. The van der Waals surface area contributed by atoms with Crippen LogP contribution in [0.15, 0.2) is 0 Å². The highest BCUT2D eigenvalue weighted by molar-refractivity contribution is 7.99. The molecule has 0 fully saturated rings. The molecular weight excluding hydrogens is 120 g/mol. The molecule has 0 aliphatic heterocycles. The highest BCUT2D eigenvalue weighted by Gasteiger charge is 2.20. The van der Waals surface area contributed by atoms with Gasteiger partial charge in [-0.1, -0.05) is 6.92 Å². The summed E-state index contributed by atoms with van der Waals surface area (Å²) in [5.74, 6) is 0. The van der Waals surface area contributed by atoms with Gasteiger partial charge in [-0.15, -0.1) is 0 Å². The van der Waals surface area contributed by atoms with Gasteiger partial charge in [0.25, 0.3) is 0 Å². The molecule has 2 heteroatoms. The fraction of sp³-hybridized carbons (Fsp3) is 0.833. The number of hydrogen-bond donors (Lipinski definition) is 1. The molecule has 0 aliphatic rings. The van der Waals surface area contributed by atoms with Gasteiger partial charge in [-0.25, -0.2) is 0 Å². The first kappa shape index (κ1) is 8.31. The Bertz CT molecular complexity index is 65.4. The average molecular weight is 133 g/mol. The largest absolute Gasteiger partial charge is 0.389 e. The Balaban J connectivity index is 3.62. The van der Waals surface area contributed by atoms with Crippen LogP contribution in [0.2, 0.25) is 0 Å². The van der Waals surface area contributed by atoms with Gasteiger partial charge in [0.2, 0.25) is 0 Å². The molecule has 0 heterocycles. The van der Waals surface area contributed by atoms with Gasteiger partial charge >= 0.3 is 0 Å². The quantitative estimate of drug-likeness (QED) is 0.613. The number of hydrogen-bond acceptors (Lipinski definition) is 2. The Labute approximate surface area is 55.5 Å². The van der Waals surface area contributed by atoms with Crippen molar-refractivity contribution in [1.82, 2.24) is 0 Å². The van der Waals surface area contributed by atoms with E-state index in [0.29, 0.717) is 0 Å². The maximum atomic E-state index is 9.15. The average Bonchev–Trinajstić information content (AvgIpc) is 1.62. The summed E-state index contributed by atoms with van der Waals surface area (Å²) in [6, 6.07) is 0. The van der Waals surface area contributed by atoms with Crippen LogP contribution in [-0.2, 0) is 0 Å². The summed E-state index contributed by atoms with van der Waals surface area (Å²) < 4.78 is 0. The van der Waals surface area contributed by atoms with E-state index in [2.05, 4.69) is 6.92 Å². The van der Waals surface area contributed by atoms with Crippen LogP contribution in [0.3, 0.4) is 0 Å². The minimum Gasteiger partial charge on any atom is -0.389 e. The van der Waals surface area contributed by atoms with Crippen molar-refractivity contribution in [2.45, 2.75) is 24.7 Å². The van der Waals surface area contributed by atoms with Crippen LogP contribution >= 0.6 is 11.8 Å². The van der Waals surface area contributed by atoms with Crippen molar-refractivity contribution >= 4 is 11.8 Å². The molecule has 1 N–H and O–H groups in total. The Morgan fingerprint density at radius 3 is 2.12 bits per heavy atom. The highest BCUT2D eigenvalue weighted by atomic mass is 32.2. The van der Waals surface area contributed by atoms with Crippen molar-refractivity contribution < 1.29 is 5.11 Å². The SMILES string of the molecule is [CH2]C(C)(O)C(C)SC. The smallest absolute Gasteiger partial charge is 0.0736 e. The minimum atomic E-state index is -0.778. The van der Waals surface area contributed by atoms with Crippen molar-refractivity contribution in [2.24, 2.45) is 0 Å². The summed E-state index contributed by atoms with van der Waals surface area (Å²) in [6.45, 7) is 7.25. The normalized spacial score (nSPS) is 16.1. The summed E-state index contributed by atoms with van der Waals surface area (Å²) in [6.07, 6.45) is 1.96. The van der Waals surface area contributed by atoms with Gasteiger partial charge in [0, 0.05) is 5.25 Å². The molecule has 0 bridgehead atoms. The first-order valence-corrected chi connectivity index (χ1v) is 3.88. The summed E-state index contributed by atoms with van der Waals surface area (Å²) >= 11 is 1.62. The lowest BCUT2D eigenvalue weighted by molar-refractivity contribution is 0.111. The summed E-state index contributed by atoms with van der Waals surface area (Å²) in [5.41, 5.74) is -0.778. The molecule has 2 unspecified atom stereocenters. The van der Waals surface area contributed by atoms with Crippen LogP contribution in [0.25, 0.3) is 0 Å². The maximum Gasteiger partial charge on any atom is 0.0736 e. The summed E-state index contributed by atoms with van der Waals surface area (Å²) in [5, 5.41) is 9.36. The zero-order valence-electron chi connectivity index (χ0n) is 5.64. The molecule has 1 radical (unpaired) electrons. The van der Waals surface area contributed by atoms with Crippen LogP contribution in [0.4, 0.5) is 0 Å². The van der Waals surface area contributed by atoms with E-state index in [-0.39, 0.29) is 5.25 Å². The van der Waals surface area contributed by atoms with Gasteiger partial charge in [0.05, 0.1) is 5.60 Å². The van der Waals surface area contributed by atoms with Gasteiger partial charge in [-0.2, -0.15) is 11.8 Å². The molecule has 0 aliphatic carbocycles. The minimum absolute atomic E-state index is 0.211. The second kappa shape index (κ2) is 2.74. The summed E-state index contributed by atoms with van der Waals surface area (Å²) in [4.78, 5) is 0. The van der Waals surface area contributed by atoms with Crippen LogP contribution < -0.4 is 0 Å². The number of rotatable bonds is 2. The molecule has 1 nitrogen and oxygen atoms in total. The van der Waals surface area contributed by atoms with Crippen LogP contribution in [0.5, 0.6) is 0 Å². The molecular formula is C6H13OS. The first-order valence-electron chi connectivity index (χ1n) is 2.59. The van der Waals surface area contributed by atoms with E-state index in [1.54, 1.807) is 18.7 Å².